The van der Waals surface area contributed by atoms with E-state index in [1.54, 1.807) is 6.21 Å². The van der Waals surface area contributed by atoms with Gasteiger partial charge in [-0.1, -0.05) is 78.9 Å². The van der Waals surface area contributed by atoms with Gasteiger partial charge in [0, 0.05) is 17.1 Å². The quantitative estimate of drug-likeness (QED) is 0.186. The summed E-state index contributed by atoms with van der Waals surface area (Å²) in [6, 6.07) is 33.4. The number of amides is 1. The smallest absolute Gasteiger partial charge is 0.244 e. The highest BCUT2D eigenvalue weighted by molar-refractivity contribution is 5.89. The number of nitrogens with one attached hydrogen (secondary N) is 2. The number of aromatic amines is 1. The van der Waals surface area contributed by atoms with Crippen LogP contribution in [-0.2, 0) is 24.4 Å². The first-order valence-corrected chi connectivity index (χ1v) is 12.1. The second-order valence-electron chi connectivity index (χ2n) is 8.58. The van der Waals surface area contributed by atoms with Crippen molar-refractivity contribution in [1.29, 1.82) is 0 Å². The summed E-state index contributed by atoms with van der Waals surface area (Å²) in [5.74, 6) is 1.05. The Hall–Kier alpha value is -4.84. The normalized spacial score (nSPS) is 11.0. The van der Waals surface area contributed by atoms with Crippen LogP contribution in [0.25, 0.3) is 10.9 Å². The maximum absolute atomic E-state index is 12.5. The summed E-state index contributed by atoms with van der Waals surface area (Å²) in [6.07, 6.45) is 3.70. The van der Waals surface area contributed by atoms with Crippen LogP contribution < -0.4 is 14.9 Å². The van der Waals surface area contributed by atoms with Gasteiger partial charge in [0.1, 0.15) is 13.2 Å². The summed E-state index contributed by atoms with van der Waals surface area (Å²) >= 11 is 0. The summed E-state index contributed by atoms with van der Waals surface area (Å²) in [5.41, 5.74) is 7.46. The molecule has 1 heterocycles. The molecule has 0 aliphatic rings. The van der Waals surface area contributed by atoms with E-state index in [0.29, 0.717) is 24.7 Å². The molecular weight excluding hydrogens is 462 g/mol. The number of carbonyl (C=O) groups excluding carboxylic acids is 1. The molecule has 6 heteroatoms. The molecule has 2 N–H and O–H groups in total. The molecule has 37 heavy (non-hydrogen) atoms. The maximum Gasteiger partial charge on any atom is 0.244 e. The maximum atomic E-state index is 12.5. The molecule has 1 aromatic heterocycles. The molecule has 0 radical (unpaired) electrons. The number of fused-ring (bicyclic) bond motifs is 1. The minimum atomic E-state index is -0.190. The zero-order chi connectivity index (χ0) is 25.3. The number of benzene rings is 4. The Kier molecular flexibility index (Phi) is 7.57. The molecule has 4 aromatic carbocycles. The molecule has 0 spiro atoms. The van der Waals surface area contributed by atoms with E-state index < -0.39 is 0 Å². The molecule has 0 saturated heterocycles. The SMILES string of the molecule is O=C(Cc1c[nH]c2ccccc12)N/N=C/c1ccc(OCc2ccccc2)c(OCc2ccccc2)c1. The highest BCUT2D eigenvalue weighted by Crippen LogP contribution is 2.30. The van der Waals surface area contributed by atoms with Crippen LogP contribution in [-0.4, -0.2) is 17.1 Å². The van der Waals surface area contributed by atoms with Crippen molar-refractivity contribution in [3.8, 4) is 11.5 Å². The Morgan fingerprint density at radius 1 is 0.784 bits per heavy atom. The van der Waals surface area contributed by atoms with Crippen LogP contribution in [0.15, 0.2) is 114 Å². The first kappa shape index (κ1) is 23.9. The Labute approximate surface area is 215 Å². The third kappa shape index (κ3) is 6.44. The second kappa shape index (κ2) is 11.7. The van der Waals surface area contributed by atoms with Crippen LogP contribution in [0.5, 0.6) is 11.5 Å². The minimum Gasteiger partial charge on any atom is -0.485 e. The van der Waals surface area contributed by atoms with E-state index in [1.807, 2.05) is 109 Å². The first-order valence-electron chi connectivity index (χ1n) is 12.1. The number of ether oxygens (including phenoxy) is 2. The average Bonchev–Trinajstić information content (AvgIpc) is 3.35. The number of rotatable bonds is 10. The Morgan fingerprint density at radius 2 is 1.43 bits per heavy atom. The number of hydrogen-bond acceptors (Lipinski definition) is 4. The molecule has 0 saturated carbocycles. The van der Waals surface area contributed by atoms with E-state index in [0.717, 1.165) is 33.2 Å². The van der Waals surface area contributed by atoms with Crippen molar-refractivity contribution in [3.63, 3.8) is 0 Å². The average molecular weight is 490 g/mol. The van der Waals surface area contributed by atoms with Gasteiger partial charge < -0.3 is 14.5 Å². The number of carbonyl (C=O) groups is 1. The molecule has 5 aromatic rings. The summed E-state index contributed by atoms with van der Waals surface area (Å²) in [7, 11) is 0. The van der Waals surface area contributed by atoms with Crippen molar-refractivity contribution in [3.05, 3.63) is 132 Å². The molecule has 0 aliphatic carbocycles. The van der Waals surface area contributed by atoms with Gasteiger partial charge in [-0.15, -0.1) is 0 Å². The van der Waals surface area contributed by atoms with E-state index in [2.05, 4.69) is 15.5 Å². The third-order valence-electron chi connectivity index (χ3n) is 5.87. The Morgan fingerprint density at radius 3 is 2.16 bits per heavy atom. The van der Waals surface area contributed by atoms with Crippen molar-refractivity contribution in [1.82, 2.24) is 10.4 Å². The second-order valence-corrected chi connectivity index (χ2v) is 8.58. The monoisotopic (exact) mass is 489 g/mol. The van der Waals surface area contributed by atoms with Crippen LogP contribution in [0.3, 0.4) is 0 Å². The van der Waals surface area contributed by atoms with Crippen LogP contribution in [0.1, 0.15) is 22.3 Å². The predicted molar refractivity (Wildman–Crippen MR) is 146 cm³/mol. The van der Waals surface area contributed by atoms with Gasteiger partial charge in [0.25, 0.3) is 0 Å². The van der Waals surface area contributed by atoms with Gasteiger partial charge in [-0.05, 0) is 46.5 Å². The van der Waals surface area contributed by atoms with Gasteiger partial charge in [0.2, 0.25) is 5.91 Å². The van der Waals surface area contributed by atoms with E-state index in [1.165, 1.54) is 0 Å². The van der Waals surface area contributed by atoms with Crippen molar-refractivity contribution in [2.24, 2.45) is 5.10 Å². The number of nitrogens with zero attached hydrogens (tertiary/aromatic N) is 1. The van der Waals surface area contributed by atoms with E-state index >= 15 is 0 Å². The van der Waals surface area contributed by atoms with Gasteiger partial charge in [-0.2, -0.15) is 5.10 Å². The zero-order valence-electron chi connectivity index (χ0n) is 20.3. The molecule has 0 atom stereocenters. The number of para-hydroxylation sites is 1. The minimum absolute atomic E-state index is 0.190. The zero-order valence-corrected chi connectivity index (χ0v) is 20.3. The van der Waals surface area contributed by atoms with Gasteiger partial charge in [0.05, 0.1) is 12.6 Å². The Balaban J connectivity index is 1.25. The number of H-pyrrole nitrogens is 1. The van der Waals surface area contributed by atoms with Gasteiger partial charge in [-0.3, -0.25) is 4.79 Å². The topological polar surface area (TPSA) is 75.7 Å². The lowest BCUT2D eigenvalue weighted by Crippen LogP contribution is -2.19. The van der Waals surface area contributed by atoms with E-state index in [-0.39, 0.29) is 12.3 Å². The molecular formula is C31H27N3O3. The number of hydrazone groups is 1. The van der Waals surface area contributed by atoms with Crippen molar-refractivity contribution < 1.29 is 14.3 Å². The first-order chi connectivity index (χ1) is 18.2. The summed E-state index contributed by atoms with van der Waals surface area (Å²) in [5, 5.41) is 5.19. The fourth-order valence-corrected chi connectivity index (χ4v) is 3.98. The molecule has 0 bridgehead atoms. The molecule has 5 rings (SSSR count). The highest BCUT2D eigenvalue weighted by Gasteiger charge is 2.09. The van der Waals surface area contributed by atoms with Gasteiger partial charge >= 0.3 is 0 Å². The summed E-state index contributed by atoms with van der Waals surface area (Å²) < 4.78 is 12.2. The van der Waals surface area contributed by atoms with Gasteiger partial charge in [-0.25, -0.2) is 5.43 Å². The predicted octanol–water partition coefficient (Wildman–Crippen LogP) is 6.02. The van der Waals surface area contributed by atoms with Crippen LogP contribution in [0, 0.1) is 0 Å². The summed E-state index contributed by atoms with van der Waals surface area (Å²) in [6.45, 7) is 0.838. The lowest BCUT2D eigenvalue weighted by molar-refractivity contribution is -0.120. The molecule has 0 unspecified atom stereocenters. The molecule has 184 valence electrons. The third-order valence-corrected chi connectivity index (χ3v) is 5.87. The fourth-order valence-electron chi connectivity index (χ4n) is 3.98. The van der Waals surface area contributed by atoms with Crippen molar-refractivity contribution >= 4 is 23.0 Å². The van der Waals surface area contributed by atoms with E-state index in [9.17, 15) is 4.79 Å². The van der Waals surface area contributed by atoms with E-state index in [4.69, 9.17) is 9.47 Å². The van der Waals surface area contributed by atoms with Gasteiger partial charge in [0.15, 0.2) is 11.5 Å². The van der Waals surface area contributed by atoms with Crippen molar-refractivity contribution in [2.75, 3.05) is 0 Å². The van der Waals surface area contributed by atoms with Crippen LogP contribution >= 0.6 is 0 Å². The number of aromatic nitrogens is 1. The van der Waals surface area contributed by atoms with Crippen LogP contribution in [0.4, 0.5) is 0 Å². The molecule has 1 amide bonds. The largest absolute Gasteiger partial charge is 0.485 e. The van der Waals surface area contributed by atoms with Crippen LogP contribution in [0.2, 0.25) is 0 Å². The summed E-state index contributed by atoms with van der Waals surface area (Å²) in [4.78, 5) is 15.6. The lowest BCUT2D eigenvalue weighted by Gasteiger charge is -2.14. The lowest BCUT2D eigenvalue weighted by atomic mass is 10.1. The Bertz CT molecular complexity index is 1490. The molecule has 0 fully saturated rings. The fraction of sp³-hybridized carbons (Fsp3) is 0.0968. The molecule has 6 nitrogen and oxygen atoms in total. The number of hydrogen-bond donors (Lipinski definition) is 2. The highest BCUT2D eigenvalue weighted by atomic mass is 16.5. The van der Waals surface area contributed by atoms with Crippen molar-refractivity contribution in [2.45, 2.75) is 19.6 Å². The standard InChI is InChI=1S/C31H27N3O3/c35-31(18-26-20-32-28-14-8-7-13-27(26)28)34-33-19-25-15-16-29(36-21-23-9-3-1-4-10-23)30(17-25)37-22-24-11-5-2-6-12-24/h1-17,19-20,32H,18,21-22H2,(H,34,35)/b33-19+. The molecule has 0 aliphatic heterocycles.